The van der Waals surface area contributed by atoms with Crippen molar-refractivity contribution in [2.24, 2.45) is 0 Å². The van der Waals surface area contributed by atoms with E-state index in [1.165, 1.54) is 0 Å². The van der Waals surface area contributed by atoms with Crippen LogP contribution in [-0.2, 0) is 0 Å². The first-order chi connectivity index (χ1) is 9.97. The number of rotatable bonds is 9. The van der Waals surface area contributed by atoms with Crippen molar-refractivity contribution in [3.63, 3.8) is 0 Å². The highest BCUT2D eigenvalue weighted by Crippen LogP contribution is 2.27. The molecule has 1 N–H and O–H groups in total. The molecular formula is C15H26N4O2. The van der Waals surface area contributed by atoms with Gasteiger partial charge in [0.25, 0.3) is 5.69 Å². The second kappa shape index (κ2) is 8.46. The monoisotopic (exact) mass is 294 g/mol. The lowest BCUT2D eigenvalue weighted by Gasteiger charge is -2.24. The molecular weight excluding hydrogens is 268 g/mol. The topological polar surface area (TPSA) is 61.6 Å². The molecule has 0 unspecified atom stereocenters. The van der Waals surface area contributed by atoms with Crippen molar-refractivity contribution in [2.45, 2.75) is 20.3 Å². The van der Waals surface area contributed by atoms with E-state index in [4.69, 9.17) is 0 Å². The van der Waals surface area contributed by atoms with E-state index in [2.05, 4.69) is 22.0 Å². The van der Waals surface area contributed by atoms with E-state index >= 15 is 0 Å². The van der Waals surface area contributed by atoms with Gasteiger partial charge in [-0.3, -0.25) is 10.1 Å². The summed E-state index contributed by atoms with van der Waals surface area (Å²) < 4.78 is 0. The summed E-state index contributed by atoms with van der Waals surface area (Å²) in [5.41, 5.74) is 1.84. The van der Waals surface area contributed by atoms with E-state index in [-0.39, 0.29) is 10.6 Å². The SMILES string of the molecule is CCNc1cc(N(CC)CCCN(C)C)cc([N+](=O)[O-])c1. The Morgan fingerprint density at radius 3 is 2.43 bits per heavy atom. The maximum absolute atomic E-state index is 11.1. The third-order valence-corrected chi connectivity index (χ3v) is 3.27. The predicted octanol–water partition coefficient (Wildman–Crippen LogP) is 2.80. The summed E-state index contributed by atoms with van der Waals surface area (Å²) in [6, 6.07) is 5.22. The predicted molar refractivity (Wildman–Crippen MR) is 88.3 cm³/mol. The summed E-state index contributed by atoms with van der Waals surface area (Å²) in [6.07, 6.45) is 1.03. The summed E-state index contributed by atoms with van der Waals surface area (Å²) in [4.78, 5) is 15.1. The van der Waals surface area contributed by atoms with Crippen molar-refractivity contribution in [2.75, 3.05) is 50.5 Å². The van der Waals surface area contributed by atoms with E-state index in [1.54, 1.807) is 12.1 Å². The zero-order valence-corrected chi connectivity index (χ0v) is 13.4. The first kappa shape index (κ1) is 17.2. The molecule has 0 aliphatic rings. The standard InChI is InChI=1S/C15H26N4O2/c1-5-16-13-10-14(12-15(11-13)19(20)21)18(6-2)9-7-8-17(3)4/h10-12,16H,5-9H2,1-4H3. The summed E-state index contributed by atoms with van der Waals surface area (Å²) in [6.45, 7) is 7.52. The fraction of sp³-hybridized carbons (Fsp3) is 0.600. The van der Waals surface area contributed by atoms with Gasteiger partial charge in [0.15, 0.2) is 0 Å². The van der Waals surface area contributed by atoms with Crippen LogP contribution in [0.1, 0.15) is 20.3 Å². The van der Waals surface area contributed by atoms with Gasteiger partial charge in [-0.25, -0.2) is 0 Å². The van der Waals surface area contributed by atoms with Crippen molar-refractivity contribution in [1.29, 1.82) is 0 Å². The molecule has 6 nitrogen and oxygen atoms in total. The number of hydrogen-bond donors (Lipinski definition) is 1. The molecule has 0 bridgehead atoms. The average molecular weight is 294 g/mol. The molecule has 1 aromatic carbocycles. The van der Waals surface area contributed by atoms with E-state index in [0.717, 1.165) is 44.0 Å². The van der Waals surface area contributed by atoms with Crippen LogP contribution in [0.4, 0.5) is 17.1 Å². The molecule has 0 amide bonds. The van der Waals surface area contributed by atoms with E-state index in [1.807, 2.05) is 27.1 Å². The molecule has 0 radical (unpaired) electrons. The minimum absolute atomic E-state index is 0.134. The van der Waals surface area contributed by atoms with E-state index in [9.17, 15) is 10.1 Å². The van der Waals surface area contributed by atoms with Crippen LogP contribution >= 0.6 is 0 Å². The molecule has 6 heteroatoms. The third-order valence-electron chi connectivity index (χ3n) is 3.27. The Labute approximate surface area is 126 Å². The van der Waals surface area contributed by atoms with Gasteiger partial charge in [-0.1, -0.05) is 0 Å². The number of nitro groups is 1. The molecule has 0 fully saturated rings. The molecule has 0 saturated carbocycles. The quantitative estimate of drug-likeness (QED) is 0.560. The van der Waals surface area contributed by atoms with Gasteiger partial charge >= 0.3 is 0 Å². The Morgan fingerprint density at radius 1 is 1.19 bits per heavy atom. The lowest BCUT2D eigenvalue weighted by atomic mass is 10.2. The smallest absolute Gasteiger partial charge is 0.273 e. The van der Waals surface area contributed by atoms with E-state index in [0.29, 0.717) is 0 Å². The largest absolute Gasteiger partial charge is 0.385 e. The number of nitrogens with zero attached hydrogens (tertiary/aromatic N) is 3. The van der Waals surface area contributed by atoms with Gasteiger partial charge in [0.05, 0.1) is 4.92 Å². The molecule has 1 rings (SSSR count). The first-order valence-corrected chi connectivity index (χ1v) is 7.41. The highest BCUT2D eigenvalue weighted by atomic mass is 16.6. The van der Waals surface area contributed by atoms with Gasteiger partial charge in [-0.15, -0.1) is 0 Å². The Bertz CT molecular complexity index is 463. The second-order valence-corrected chi connectivity index (χ2v) is 5.26. The number of benzene rings is 1. The van der Waals surface area contributed by atoms with Gasteiger partial charge in [0, 0.05) is 43.1 Å². The Balaban J connectivity index is 2.93. The summed E-state index contributed by atoms with van der Waals surface area (Å²) in [7, 11) is 4.10. The summed E-state index contributed by atoms with van der Waals surface area (Å²) in [5.74, 6) is 0. The molecule has 0 atom stereocenters. The van der Waals surface area contributed by atoms with Crippen LogP contribution in [0.15, 0.2) is 18.2 Å². The minimum Gasteiger partial charge on any atom is -0.385 e. The Kier molecular flexibility index (Phi) is 6.94. The second-order valence-electron chi connectivity index (χ2n) is 5.26. The number of non-ortho nitro benzene ring substituents is 1. The van der Waals surface area contributed by atoms with Gasteiger partial charge in [-0.2, -0.15) is 0 Å². The van der Waals surface area contributed by atoms with Crippen molar-refractivity contribution in [1.82, 2.24) is 4.90 Å². The van der Waals surface area contributed by atoms with Gasteiger partial charge < -0.3 is 15.1 Å². The third kappa shape index (κ3) is 5.59. The number of nitro benzene ring substituents is 1. The number of hydrogen-bond acceptors (Lipinski definition) is 5. The Hall–Kier alpha value is -1.82. The zero-order valence-electron chi connectivity index (χ0n) is 13.4. The zero-order chi connectivity index (χ0) is 15.8. The highest BCUT2D eigenvalue weighted by Gasteiger charge is 2.13. The van der Waals surface area contributed by atoms with E-state index < -0.39 is 0 Å². The molecule has 21 heavy (non-hydrogen) atoms. The molecule has 1 aromatic rings. The first-order valence-electron chi connectivity index (χ1n) is 7.41. The molecule has 0 spiro atoms. The van der Waals surface area contributed by atoms with Crippen molar-refractivity contribution in [3.05, 3.63) is 28.3 Å². The lowest BCUT2D eigenvalue weighted by molar-refractivity contribution is -0.384. The molecule has 0 aromatic heterocycles. The number of anilines is 2. The highest BCUT2D eigenvalue weighted by molar-refractivity contribution is 5.64. The molecule has 0 saturated heterocycles. The van der Waals surface area contributed by atoms with Crippen LogP contribution in [0.25, 0.3) is 0 Å². The molecule has 0 aliphatic heterocycles. The van der Waals surface area contributed by atoms with Crippen LogP contribution in [0.2, 0.25) is 0 Å². The van der Waals surface area contributed by atoms with Crippen LogP contribution < -0.4 is 10.2 Å². The van der Waals surface area contributed by atoms with Gasteiger partial charge in [0.2, 0.25) is 0 Å². The molecule has 0 aliphatic carbocycles. The summed E-state index contributed by atoms with van der Waals surface area (Å²) in [5, 5.41) is 14.2. The van der Waals surface area contributed by atoms with Gasteiger partial charge in [0.1, 0.15) is 0 Å². The van der Waals surface area contributed by atoms with Crippen molar-refractivity contribution >= 4 is 17.1 Å². The van der Waals surface area contributed by atoms with Crippen molar-refractivity contribution < 1.29 is 4.92 Å². The van der Waals surface area contributed by atoms with Crippen LogP contribution in [0.5, 0.6) is 0 Å². The summed E-state index contributed by atoms with van der Waals surface area (Å²) >= 11 is 0. The normalized spacial score (nSPS) is 10.7. The Morgan fingerprint density at radius 2 is 1.90 bits per heavy atom. The van der Waals surface area contributed by atoms with Crippen LogP contribution in [0.3, 0.4) is 0 Å². The number of nitrogens with one attached hydrogen (secondary N) is 1. The lowest BCUT2D eigenvalue weighted by Crippen LogP contribution is -2.27. The van der Waals surface area contributed by atoms with Crippen LogP contribution in [-0.4, -0.2) is 50.1 Å². The molecule has 0 heterocycles. The average Bonchev–Trinajstić information content (AvgIpc) is 2.43. The fourth-order valence-electron chi connectivity index (χ4n) is 2.24. The molecule has 118 valence electrons. The maximum atomic E-state index is 11.1. The fourth-order valence-corrected chi connectivity index (χ4v) is 2.24. The maximum Gasteiger partial charge on any atom is 0.273 e. The van der Waals surface area contributed by atoms with Crippen LogP contribution in [0, 0.1) is 10.1 Å². The van der Waals surface area contributed by atoms with Gasteiger partial charge in [-0.05, 0) is 47.0 Å². The minimum atomic E-state index is -0.335. The van der Waals surface area contributed by atoms with Crippen molar-refractivity contribution in [3.8, 4) is 0 Å².